The minimum atomic E-state index is 0.211. The molecule has 0 radical (unpaired) electrons. The summed E-state index contributed by atoms with van der Waals surface area (Å²) < 4.78 is 0.714. The fourth-order valence-corrected chi connectivity index (χ4v) is 2.90. The highest BCUT2D eigenvalue weighted by Crippen LogP contribution is 2.34. The van der Waals surface area contributed by atoms with Gasteiger partial charge in [0.1, 0.15) is 5.75 Å². The smallest absolute Gasteiger partial charge is 0.159 e. The lowest BCUT2D eigenvalue weighted by molar-refractivity contribution is 0.477. The van der Waals surface area contributed by atoms with Gasteiger partial charge >= 0.3 is 0 Å². The molecule has 1 heterocycles. The highest BCUT2D eigenvalue weighted by Gasteiger charge is 2.11. The van der Waals surface area contributed by atoms with Crippen LogP contribution >= 0.6 is 35.2 Å². The van der Waals surface area contributed by atoms with Gasteiger partial charge in [-0.05, 0) is 36.8 Å². The van der Waals surface area contributed by atoms with Crippen LogP contribution < -0.4 is 0 Å². The number of aryl methyl sites for hydroxylation is 1. The Bertz CT molecular complexity index is 574. The van der Waals surface area contributed by atoms with Crippen molar-refractivity contribution >= 4 is 35.2 Å². The van der Waals surface area contributed by atoms with E-state index in [-0.39, 0.29) is 5.75 Å². The van der Waals surface area contributed by atoms with Gasteiger partial charge < -0.3 is 10.1 Å². The van der Waals surface area contributed by atoms with Gasteiger partial charge in [0.2, 0.25) is 0 Å². The molecule has 2 aromatic rings. The molecule has 0 aliphatic heterocycles. The number of phenols is 1. The number of benzene rings is 1. The average Bonchev–Trinajstić information content (AvgIpc) is 2.63. The van der Waals surface area contributed by atoms with Gasteiger partial charge in [0.25, 0.3) is 0 Å². The van der Waals surface area contributed by atoms with Gasteiger partial charge in [0.05, 0.1) is 5.69 Å². The van der Waals surface area contributed by atoms with Crippen molar-refractivity contribution in [1.29, 1.82) is 0 Å². The van der Waals surface area contributed by atoms with Crippen LogP contribution in [0.25, 0.3) is 11.3 Å². The number of nitrogens with one attached hydrogen (secondary N) is 1. The third-order valence-electron chi connectivity index (χ3n) is 2.27. The largest absolute Gasteiger partial charge is 0.507 e. The van der Waals surface area contributed by atoms with Gasteiger partial charge in [-0.2, -0.15) is 0 Å². The Balaban J connectivity index is 2.66. The second-order valence-electron chi connectivity index (χ2n) is 3.33. The predicted octanol–water partition coefficient (Wildman–Crippen LogP) is 4.39. The van der Waals surface area contributed by atoms with Crippen LogP contribution in [0, 0.1) is 3.95 Å². The standard InChI is InChI=1S/C11H10ClNOS2/c1-2-9-10(13-11(15)16-9)7-5-6(12)3-4-8(7)14/h3-5,14H,2H2,1H3,(H,13,15). The van der Waals surface area contributed by atoms with Crippen LogP contribution in [0.4, 0.5) is 0 Å². The maximum Gasteiger partial charge on any atom is 0.159 e. The summed E-state index contributed by atoms with van der Waals surface area (Å²) in [6.07, 6.45) is 0.874. The van der Waals surface area contributed by atoms with E-state index in [0.29, 0.717) is 14.5 Å². The lowest BCUT2D eigenvalue weighted by atomic mass is 10.1. The number of aromatic hydroxyl groups is 1. The molecule has 0 aliphatic carbocycles. The molecule has 0 amide bonds. The first kappa shape index (κ1) is 11.6. The fourth-order valence-electron chi connectivity index (χ4n) is 1.54. The van der Waals surface area contributed by atoms with E-state index < -0.39 is 0 Å². The lowest BCUT2D eigenvalue weighted by Gasteiger charge is -2.04. The summed E-state index contributed by atoms with van der Waals surface area (Å²) in [5.41, 5.74) is 1.58. The number of thiazole rings is 1. The molecule has 0 saturated carbocycles. The fraction of sp³-hybridized carbons (Fsp3) is 0.182. The molecule has 2 N–H and O–H groups in total. The van der Waals surface area contributed by atoms with Crippen molar-refractivity contribution in [2.24, 2.45) is 0 Å². The maximum atomic E-state index is 9.81. The first-order valence-corrected chi connectivity index (χ1v) is 6.43. The Morgan fingerprint density at radius 1 is 1.50 bits per heavy atom. The molecule has 16 heavy (non-hydrogen) atoms. The number of hydrogen-bond acceptors (Lipinski definition) is 3. The molecular formula is C11H10ClNOS2. The van der Waals surface area contributed by atoms with Crippen LogP contribution in [0.3, 0.4) is 0 Å². The van der Waals surface area contributed by atoms with Crippen LogP contribution in [-0.4, -0.2) is 10.1 Å². The molecule has 1 aromatic heterocycles. The maximum absolute atomic E-state index is 9.81. The van der Waals surface area contributed by atoms with Crippen molar-refractivity contribution in [2.45, 2.75) is 13.3 Å². The molecular weight excluding hydrogens is 262 g/mol. The molecule has 5 heteroatoms. The van der Waals surface area contributed by atoms with E-state index in [1.807, 2.05) is 0 Å². The van der Waals surface area contributed by atoms with Gasteiger partial charge in [-0.25, -0.2) is 0 Å². The van der Waals surface area contributed by atoms with E-state index in [1.165, 1.54) is 11.3 Å². The van der Waals surface area contributed by atoms with Gasteiger partial charge in [-0.1, -0.05) is 18.5 Å². The summed E-state index contributed by atoms with van der Waals surface area (Å²) in [5.74, 6) is 0.211. The molecule has 0 unspecified atom stereocenters. The summed E-state index contributed by atoms with van der Waals surface area (Å²) in [6.45, 7) is 2.06. The summed E-state index contributed by atoms with van der Waals surface area (Å²) >= 11 is 12.6. The number of aromatic nitrogens is 1. The Kier molecular flexibility index (Phi) is 3.33. The zero-order chi connectivity index (χ0) is 11.7. The van der Waals surface area contributed by atoms with Crippen LogP contribution in [0.15, 0.2) is 18.2 Å². The highest BCUT2D eigenvalue weighted by molar-refractivity contribution is 7.73. The molecule has 0 saturated heterocycles. The predicted molar refractivity (Wildman–Crippen MR) is 71.0 cm³/mol. The second-order valence-corrected chi connectivity index (χ2v) is 5.54. The number of H-pyrrole nitrogens is 1. The first-order valence-electron chi connectivity index (χ1n) is 4.82. The number of phenolic OH excluding ortho intramolecular Hbond substituents is 1. The Morgan fingerprint density at radius 3 is 2.94 bits per heavy atom. The van der Waals surface area contributed by atoms with Crippen molar-refractivity contribution in [2.75, 3.05) is 0 Å². The summed E-state index contributed by atoms with van der Waals surface area (Å²) in [7, 11) is 0. The first-order chi connectivity index (χ1) is 7.61. The van der Waals surface area contributed by atoms with E-state index in [0.717, 1.165) is 17.0 Å². The van der Waals surface area contributed by atoms with Crippen LogP contribution in [0.1, 0.15) is 11.8 Å². The molecule has 0 fully saturated rings. The molecule has 2 nitrogen and oxygen atoms in total. The second kappa shape index (κ2) is 4.57. The molecule has 0 aliphatic rings. The highest BCUT2D eigenvalue weighted by atomic mass is 35.5. The van der Waals surface area contributed by atoms with Gasteiger partial charge in [0.15, 0.2) is 3.95 Å². The molecule has 0 atom stereocenters. The zero-order valence-corrected chi connectivity index (χ0v) is 11.0. The van der Waals surface area contributed by atoms with Crippen molar-refractivity contribution in [1.82, 2.24) is 4.98 Å². The average molecular weight is 272 g/mol. The van der Waals surface area contributed by atoms with Crippen molar-refractivity contribution in [3.8, 4) is 17.0 Å². The molecule has 1 aromatic carbocycles. The molecule has 0 bridgehead atoms. The number of rotatable bonds is 2. The van der Waals surface area contributed by atoms with E-state index >= 15 is 0 Å². The lowest BCUT2D eigenvalue weighted by Crippen LogP contribution is -1.84. The molecule has 84 valence electrons. The van der Waals surface area contributed by atoms with E-state index in [9.17, 15) is 5.11 Å². The number of aromatic amines is 1. The topological polar surface area (TPSA) is 36.0 Å². The summed E-state index contributed by atoms with van der Waals surface area (Å²) in [5, 5.41) is 10.4. The minimum Gasteiger partial charge on any atom is -0.507 e. The third-order valence-corrected chi connectivity index (χ3v) is 3.88. The number of halogens is 1. The quantitative estimate of drug-likeness (QED) is 0.795. The molecule has 0 spiro atoms. The van der Waals surface area contributed by atoms with E-state index in [4.69, 9.17) is 23.8 Å². The molecule has 2 rings (SSSR count). The van der Waals surface area contributed by atoms with Crippen molar-refractivity contribution < 1.29 is 5.11 Å². The van der Waals surface area contributed by atoms with Crippen molar-refractivity contribution in [3.63, 3.8) is 0 Å². The SMILES string of the molecule is CCc1sc(=S)[nH]c1-c1cc(Cl)ccc1O. The van der Waals surface area contributed by atoms with E-state index in [1.54, 1.807) is 18.2 Å². The monoisotopic (exact) mass is 271 g/mol. The Hall–Kier alpha value is -0.840. The zero-order valence-electron chi connectivity index (χ0n) is 8.58. The van der Waals surface area contributed by atoms with Crippen LogP contribution in [0.2, 0.25) is 5.02 Å². The number of hydrogen-bond donors (Lipinski definition) is 2. The van der Waals surface area contributed by atoms with Crippen molar-refractivity contribution in [3.05, 3.63) is 32.1 Å². The van der Waals surface area contributed by atoms with Crippen LogP contribution in [0.5, 0.6) is 5.75 Å². The summed E-state index contributed by atoms with van der Waals surface area (Å²) in [6, 6.07) is 4.99. The van der Waals surface area contributed by atoms with E-state index in [2.05, 4.69) is 11.9 Å². The van der Waals surface area contributed by atoms with Gasteiger partial charge in [0, 0.05) is 15.5 Å². The third kappa shape index (κ3) is 2.14. The van der Waals surface area contributed by atoms with Gasteiger partial charge in [-0.15, -0.1) is 11.3 Å². The Morgan fingerprint density at radius 2 is 2.25 bits per heavy atom. The minimum absolute atomic E-state index is 0.211. The van der Waals surface area contributed by atoms with Gasteiger partial charge in [-0.3, -0.25) is 0 Å². The van der Waals surface area contributed by atoms with Crippen LogP contribution in [-0.2, 0) is 6.42 Å². The Labute approximate surface area is 108 Å². The normalized spacial score (nSPS) is 10.6. The summed E-state index contributed by atoms with van der Waals surface area (Å²) in [4.78, 5) is 4.22.